The van der Waals surface area contributed by atoms with Crippen LogP contribution in [-0.2, 0) is 24.7 Å². The third kappa shape index (κ3) is 4.79. The number of thiophene rings is 1. The zero-order chi connectivity index (χ0) is 26.4. The fraction of sp³-hybridized carbons (Fsp3) is 0.517. The summed E-state index contributed by atoms with van der Waals surface area (Å²) < 4.78 is 2.11. The van der Waals surface area contributed by atoms with Gasteiger partial charge in [0, 0.05) is 50.3 Å². The lowest BCUT2D eigenvalue weighted by molar-refractivity contribution is -0.131. The molecule has 0 spiro atoms. The minimum atomic E-state index is 0.227. The van der Waals surface area contributed by atoms with Crippen molar-refractivity contribution in [2.75, 3.05) is 36.8 Å². The monoisotopic (exact) mass is 548 g/mol. The van der Waals surface area contributed by atoms with E-state index in [0.29, 0.717) is 17.8 Å². The molecule has 1 aromatic carbocycles. The maximum atomic E-state index is 13.0. The van der Waals surface area contributed by atoms with Gasteiger partial charge in [0.25, 0.3) is 0 Å². The van der Waals surface area contributed by atoms with Crippen molar-refractivity contribution >= 4 is 56.1 Å². The second-order valence-electron chi connectivity index (χ2n) is 11.6. The first-order valence-electron chi connectivity index (χ1n) is 13.6. The van der Waals surface area contributed by atoms with E-state index in [1.807, 2.05) is 41.5 Å². The number of rotatable bonds is 5. The largest absolute Gasteiger partial charge is 0.352 e. The molecule has 1 aliphatic carbocycles. The smallest absolute Gasteiger partial charge is 0.223 e. The van der Waals surface area contributed by atoms with Crippen molar-refractivity contribution in [1.29, 1.82) is 0 Å². The summed E-state index contributed by atoms with van der Waals surface area (Å²) in [6.07, 6.45) is 5.73. The molecule has 38 heavy (non-hydrogen) atoms. The van der Waals surface area contributed by atoms with Crippen LogP contribution in [0.2, 0.25) is 0 Å². The highest BCUT2D eigenvalue weighted by Crippen LogP contribution is 2.44. The molecule has 1 saturated heterocycles. The van der Waals surface area contributed by atoms with Gasteiger partial charge < -0.3 is 14.4 Å². The Hall–Kier alpha value is -2.65. The summed E-state index contributed by atoms with van der Waals surface area (Å²) in [5.74, 6) is 2.74. The molecule has 6 rings (SSSR count). The Morgan fingerprint density at radius 3 is 2.68 bits per heavy atom. The number of imidazole rings is 1. The fourth-order valence-corrected chi connectivity index (χ4v) is 8.06. The second kappa shape index (κ2) is 10.2. The lowest BCUT2D eigenvalue weighted by atomic mass is 9.72. The normalized spacial score (nSPS) is 18.4. The van der Waals surface area contributed by atoms with Gasteiger partial charge in [-0.2, -0.15) is 0 Å². The Balaban J connectivity index is 1.08. The number of fused-ring (bicyclic) bond motifs is 4. The van der Waals surface area contributed by atoms with Crippen LogP contribution in [0.25, 0.3) is 21.3 Å². The number of piperazine rings is 1. The number of anilines is 1. The van der Waals surface area contributed by atoms with E-state index < -0.39 is 0 Å². The molecular formula is C29H36N6OS2. The summed E-state index contributed by atoms with van der Waals surface area (Å²) in [4.78, 5) is 34.1. The van der Waals surface area contributed by atoms with E-state index in [0.717, 1.165) is 71.6 Å². The molecule has 1 fully saturated rings. The third-order valence-electron chi connectivity index (χ3n) is 8.28. The minimum Gasteiger partial charge on any atom is -0.352 e. The number of amides is 1. The zero-order valence-electron chi connectivity index (χ0n) is 22.7. The average molecular weight is 549 g/mol. The standard InChI is InChI=1S/C29H36N6OS2/c1-29(2,3)19-9-10-20-23(17-19)38-27-25(20)26(30-18-31-27)35-14-12-34(13-15-35)24(36)11-16-37-28-32-21-7-5-6-8-22(21)33(28)4/h5-8,18-19H,9-17H2,1-4H3/t19-/m0/s1. The third-order valence-corrected chi connectivity index (χ3v) is 10.5. The van der Waals surface area contributed by atoms with E-state index in [2.05, 4.69) is 41.3 Å². The molecule has 0 bridgehead atoms. The number of nitrogens with zero attached hydrogens (tertiary/aromatic N) is 6. The molecule has 3 aromatic heterocycles. The quantitative estimate of drug-likeness (QED) is 0.304. The van der Waals surface area contributed by atoms with Crippen molar-refractivity contribution in [2.24, 2.45) is 18.4 Å². The van der Waals surface area contributed by atoms with Gasteiger partial charge in [-0.05, 0) is 48.3 Å². The highest BCUT2D eigenvalue weighted by atomic mass is 32.2. The Bertz CT molecular complexity index is 1480. The Morgan fingerprint density at radius 1 is 1.13 bits per heavy atom. The predicted octanol–water partition coefficient (Wildman–Crippen LogP) is 5.56. The maximum Gasteiger partial charge on any atom is 0.223 e. The number of aromatic nitrogens is 4. The van der Waals surface area contributed by atoms with Gasteiger partial charge in [-0.25, -0.2) is 15.0 Å². The van der Waals surface area contributed by atoms with E-state index in [4.69, 9.17) is 9.97 Å². The first-order valence-corrected chi connectivity index (χ1v) is 15.4. The molecular weight excluding hydrogens is 512 g/mol. The average Bonchev–Trinajstić information content (AvgIpc) is 3.45. The SMILES string of the molecule is Cn1c(SCCC(=O)N2CCN(c3ncnc4sc5c(c34)CC[C@H](C(C)(C)C)C5)CC2)nc2ccccc21. The zero-order valence-corrected chi connectivity index (χ0v) is 24.4. The van der Waals surface area contributed by atoms with Crippen molar-refractivity contribution < 1.29 is 4.79 Å². The summed E-state index contributed by atoms with van der Waals surface area (Å²) >= 11 is 3.52. The van der Waals surface area contributed by atoms with Crippen molar-refractivity contribution in [3.63, 3.8) is 0 Å². The molecule has 4 heterocycles. The number of hydrogen-bond donors (Lipinski definition) is 0. The molecule has 0 unspecified atom stereocenters. The summed E-state index contributed by atoms with van der Waals surface area (Å²) in [5, 5.41) is 2.23. The number of thioether (sulfide) groups is 1. The predicted molar refractivity (Wildman–Crippen MR) is 157 cm³/mol. The fourth-order valence-electron chi connectivity index (χ4n) is 5.88. The van der Waals surface area contributed by atoms with Crippen LogP contribution in [-0.4, -0.2) is 62.3 Å². The first kappa shape index (κ1) is 25.6. The van der Waals surface area contributed by atoms with Gasteiger partial charge in [0.15, 0.2) is 5.16 Å². The topological polar surface area (TPSA) is 67.2 Å². The van der Waals surface area contributed by atoms with Gasteiger partial charge in [0.2, 0.25) is 5.91 Å². The van der Waals surface area contributed by atoms with Crippen LogP contribution in [0.4, 0.5) is 5.82 Å². The number of carbonyl (C=O) groups is 1. The van der Waals surface area contributed by atoms with E-state index in [1.165, 1.54) is 22.2 Å². The second-order valence-corrected chi connectivity index (χ2v) is 13.7. The van der Waals surface area contributed by atoms with Crippen molar-refractivity contribution in [2.45, 2.75) is 51.6 Å². The Kier molecular flexibility index (Phi) is 6.84. The van der Waals surface area contributed by atoms with Crippen LogP contribution in [0.1, 0.15) is 44.1 Å². The maximum absolute atomic E-state index is 13.0. The van der Waals surface area contributed by atoms with Crippen molar-refractivity contribution in [1.82, 2.24) is 24.4 Å². The molecule has 200 valence electrons. The molecule has 1 aliphatic heterocycles. The number of carbonyl (C=O) groups excluding carboxylic acids is 1. The van der Waals surface area contributed by atoms with Gasteiger partial charge >= 0.3 is 0 Å². The van der Waals surface area contributed by atoms with Gasteiger partial charge in [-0.3, -0.25) is 4.79 Å². The van der Waals surface area contributed by atoms with E-state index in [-0.39, 0.29) is 5.91 Å². The van der Waals surface area contributed by atoms with Crippen LogP contribution < -0.4 is 4.90 Å². The number of aryl methyl sites for hydroxylation is 2. The summed E-state index contributed by atoms with van der Waals surface area (Å²) in [6.45, 7) is 10.2. The molecule has 1 amide bonds. The van der Waals surface area contributed by atoms with Gasteiger partial charge in [-0.1, -0.05) is 44.7 Å². The Labute approximate surface area is 232 Å². The van der Waals surface area contributed by atoms with Crippen LogP contribution in [0.3, 0.4) is 0 Å². The van der Waals surface area contributed by atoms with E-state index in [9.17, 15) is 4.79 Å². The lowest BCUT2D eigenvalue weighted by Gasteiger charge is -2.36. The number of benzene rings is 1. The first-order chi connectivity index (χ1) is 18.3. The molecule has 0 saturated carbocycles. The van der Waals surface area contributed by atoms with Gasteiger partial charge in [0.1, 0.15) is 17.0 Å². The van der Waals surface area contributed by atoms with Crippen LogP contribution in [0, 0.1) is 11.3 Å². The lowest BCUT2D eigenvalue weighted by Crippen LogP contribution is -2.49. The molecule has 9 heteroatoms. The van der Waals surface area contributed by atoms with Crippen molar-refractivity contribution in [3.8, 4) is 0 Å². The molecule has 2 aliphatic rings. The summed E-state index contributed by atoms with van der Waals surface area (Å²) in [5.41, 5.74) is 3.92. The summed E-state index contributed by atoms with van der Waals surface area (Å²) in [7, 11) is 2.04. The molecule has 0 N–H and O–H groups in total. The Morgan fingerprint density at radius 2 is 1.92 bits per heavy atom. The highest BCUT2D eigenvalue weighted by molar-refractivity contribution is 7.99. The van der Waals surface area contributed by atoms with E-state index >= 15 is 0 Å². The minimum absolute atomic E-state index is 0.227. The molecule has 4 aromatic rings. The number of para-hydroxylation sites is 2. The van der Waals surface area contributed by atoms with Gasteiger partial charge in [0.05, 0.1) is 16.4 Å². The molecule has 7 nitrogen and oxygen atoms in total. The van der Waals surface area contributed by atoms with Crippen LogP contribution in [0.5, 0.6) is 0 Å². The van der Waals surface area contributed by atoms with E-state index in [1.54, 1.807) is 18.1 Å². The highest BCUT2D eigenvalue weighted by Gasteiger charge is 2.33. The summed E-state index contributed by atoms with van der Waals surface area (Å²) in [6, 6.07) is 8.15. The van der Waals surface area contributed by atoms with Crippen LogP contribution >= 0.6 is 23.1 Å². The van der Waals surface area contributed by atoms with Crippen LogP contribution in [0.15, 0.2) is 35.7 Å². The van der Waals surface area contributed by atoms with Gasteiger partial charge in [-0.15, -0.1) is 11.3 Å². The molecule has 0 radical (unpaired) electrons. The molecule has 1 atom stereocenters. The number of hydrogen-bond acceptors (Lipinski definition) is 7. The van der Waals surface area contributed by atoms with Crippen molar-refractivity contribution in [3.05, 3.63) is 41.0 Å².